The van der Waals surface area contributed by atoms with Crippen LogP contribution in [0.4, 0.5) is 5.69 Å². The molecule has 2 aliphatic rings. The summed E-state index contributed by atoms with van der Waals surface area (Å²) in [5, 5.41) is 3.66. The molecule has 0 saturated carbocycles. The highest BCUT2D eigenvalue weighted by Crippen LogP contribution is 2.32. The maximum absolute atomic E-state index is 5.36. The molecule has 0 radical (unpaired) electrons. The summed E-state index contributed by atoms with van der Waals surface area (Å²) in [5.41, 5.74) is 1.12. The standard InChI is InChI=1S/C16H24N2O2/c1-19-15-6-5-12(11-16(15)20-2)17-13-7-9-18-8-3-4-14(18)10-13/h5-6,11,13-14,17H,3-4,7-10H2,1-2H3. The predicted molar refractivity (Wildman–Crippen MR) is 80.8 cm³/mol. The Morgan fingerprint density at radius 1 is 1.10 bits per heavy atom. The van der Waals surface area contributed by atoms with Gasteiger partial charge in [0.15, 0.2) is 11.5 Å². The van der Waals surface area contributed by atoms with Gasteiger partial charge in [-0.3, -0.25) is 0 Å². The van der Waals surface area contributed by atoms with E-state index in [1.54, 1.807) is 14.2 Å². The second kappa shape index (κ2) is 5.92. The first-order valence-corrected chi connectivity index (χ1v) is 7.53. The molecule has 4 heteroatoms. The van der Waals surface area contributed by atoms with Gasteiger partial charge in [-0.25, -0.2) is 0 Å². The van der Waals surface area contributed by atoms with Crippen LogP contribution in [-0.4, -0.2) is 44.3 Å². The van der Waals surface area contributed by atoms with Crippen LogP contribution in [0.5, 0.6) is 11.5 Å². The monoisotopic (exact) mass is 276 g/mol. The van der Waals surface area contributed by atoms with Crippen molar-refractivity contribution >= 4 is 5.69 Å². The van der Waals surface area contributed by atoms with Gasteiger partial charge in [0.2, 0.25) is 0 Å². The van der Waals surface area contributed by atoms with E-state index >= 15 is 0 Å². The lowest BCUT2D eigenvalue weighted by atomic mass is 9.97. The van der Waals surface area contributed by atoms with Crippen LogP contribution in [0.3, 0.4) is 0 Å². The molecule has 110 valence electrons. The molecule has 2 saturated heterocycles. The maximum atomic E-state index is 5.36. The molecule has 0 aromatic heterocycles. The molecule has 0 spiro atoms. The van der Waals surface area contributed by atoms with Crippen LogP contribution in [0.25, 0.3) is 0 Å². The van der Waals surface area contributed by atoms with Crippen molar-refractivity contribution in [2.45, 2.75) is 37.8 Å². The van der Waals surface area contributed by atoms with Gasteiger partial charge in [-0.1, -0.05) is 0 Å². The van der Waals surface area contributed by atoms with E-state index in [9.17, 15) is 0 Å². The lowest BCUT2D eigenvalue weighted by Crippen LogP contribution is -2.42. The van der Waals surface area contributed by atoms with Crippen LogP contribution >= 0.6 is 0 Å². The van der Waals surface area contributed by atoms with Crippen LogP contribution in [0.1, 0.15) is 25.7 Å². The molecule has 2 atom stereocenters. The average molecular weight is 276 g/mol. The minimum atomic E-state index is 0.576. The zero-order valence-electron chi connectivity index (χ0n) is 12.4. The van der Waals surface area contributed by atoms with Crippen molar-refractivity contribution in [2.75, 3.05) is 32.6 Å². The quantitative estimate of drug-likeness (QED) is 0.917. The Bertz CT molecular complexity index is 464. The first kappa shape index (κ1) is 13.6. The molecule has 2 heterocycles. The van der Waals surface area contributed by atoms with Gasteiger partial charge in [0.1, 0.15) is 0 Å². The normalized spacial score (nSPS) is 26.1. The molecule has 1 N–H and O–H groups in total. The van der Waals surface area contributed by atoms with Crippen molar-refractivity contribution < 1.29 is 9.47 Å². The van der Waals surface area contributed by atoms with E-state index in [0.717, 1.165) is 23.2 Å². The van der Waals surface area contributed by atoms with Crippen LogP contribution in [0.15, 0.2) is 18.2 Å². The Hall–Kier alpha value is -1.42. The number of nitrogens with one attached hydrogen (secondary N) is 1. The number of ether oxygens (including phenoxy) is 2. The van der Waals surface area contributed by atoms with Crippen molar-refractivity contribution in [1.82, 2.24) is 4.90 Å². The number of nitrogens with zero attached hydrogens (tertiary/aromatic N) is 1. The molecule has 1 aromatic rings. The number of methoxy groups -OCH3 is 2. The Morgan fingerprint density at radius 2 is 1.95 bits per heavy atom. The molecular weight excluding hydrogens is 252 g/mol. The van der Waals surface area contributed by atoms with E-state index in [4.69, 9.17) is 9.47 Å². The number of rotatable bonds is 4. The molecule has 1 aromatic carbocycles. The van der Waals surface area contributed by atoms with Crippen LogP contribution in [-0.2, 0) is 0 Å². The van der Waals surface area contributed by atoms with Crippen molar-refractivity contribution in [3.63, 3.8) is 0 Å². The third-order valence-corrected chi connectivity index (χ3v) is 4.57. The molecular formula is C16H24N2O2. The van der Waals surface area contributed by atoms with E-state index in [-0.39, 0.29) is 0 Å². The van der Waals surface area contributed by atoms with Gasteiger partial charge in [-0.15, -0.1) is 0 Å². The molecule has 3 rings (SSSR count). The summed E-state index contributed by atoms with van der Waals surface area (Å²) in [6.07, 6.45) is 5.22. The first-order chi connectivity index (χ1) is 9.80. The molecule has 0 aliphatic carbocycles. The summed E-state index contributed by atoms with van der Waals surface area (Å²) in [7, 11) is 3.35. The van der Waals surface area contributed by atoms with Gasteiger partial charge in [-0.05, 0) is 44.4 Å². The first-order valence-electron chi connectivity index (χ1n) is 7.53. The van der Waals surface area contributed by atoms with Gasteiger partial charge in [0.25, 0.3) is 0 Å². The maximum Gasteiger partial charge on any atom is 0.162 e. The fourth-order valence-corrected chi connectivity index (χ4v) is 3.52. The molecule has 0 amide bonds. The number of fused-ring (bicyclic) bond motifs is 1. The fraction of sp³-hybridized carbons (Fsp3) is 0.625. The molecule has 2 aliphatic heterocycles. The Balaban J connectivity index is 1.65. The molecule has 2 unspecified atom stereocenters. The summed E-state index contributed by atoms with van der Waals surface area (Å²) in [6, 6.07) is 7.43. The van der Waals surface area contributed by atoms with Crippen LogP contribution in [0, 0.1) is 0 Å². The highest BCUT2D eigenvalue weighted by atomic mass is 16.5. The van der Waals surface area contributed by atoms with E-state index in [1.807, 2.05) is 12.1 Å². The Morgan fingerprint density at radius 3 is 2.75 bits per heavy atom. The summed E-state index contributed by atoms with van der Waals surface area (Å²) in [6.45, 7) is 2.53. The lowest BCUT2D eigenvalue weighted by Gasteiger charge is -2.35. The van der Waals surface area contributed by atoms with Gasteiger partial charge in [0.05, 0.1) is 14.2 Å². The van der Waals surface area contributed by atoms with Crippen molar-refractivity contribution in [1.29, 1.82) is 0 Å². The van der Waals surface area contributed by atoms with E-state index in [1.165, 1.54) is 38.8 Å². The molecule has 0 bridgehead atoms. The lowest BCUT2D eigenvalue weighted by molar-refractivity contribution is 0.188. The topological polar surface area (TPSA) is 33.7 Å². The van der Waals surface area contributed by atoms with Gasteiger partial charge < -0.3 is 19.7 Å². The van der Waals surface area contributed by atoms with Crippen LogP contribution in [0.2, 0.25) is 0 Å². The number of benzene rings is 1. The molecule has 4 nitrogen and oxygen atoms in total. The average Bonchev–Trinajstić information content (AvgIpc) is 2.94. The van der Waals surface area contributed by atoms with E-state index in [0.29, 0.717) is 6.04 Å². The predicted octanol–water partition coefficient (Wildman–Crippen LogP) is 2.74. The van der Waals surface area contributed by atoms with Gasteiger partial charge in [-0.2, -0.15) is 0 Å². The third kappa shape index (κ3) is 2.70. The number of hydrogen-bond acceptors (Lipinski definition) is 4. The SMILES string of the molecule is COc1ccc(NC2CCN3CCCC3C2)cc1OC. The summed E-state index contributed by atoms with van der Waals surface area (Å²) in [4.78, 5) is 2.65. The van der Waals surface area contributed by atoms with Crippen molar-refractivity contribution in [2.24, 2.45) is 0 Å². The summed E-state index contributed by atoms with van der Waals surface area (Å²) in [5.74, 6) is 1.57. The van der Waals surface area contributed by atoms with Crippen molar-refractivity contribution in [3.05, 3.63) is 18.2 Å². The zero-order chi connectivity index (χ0) is 13.9. The second-order valence-electron chi connectivity index (χ2n) is 5.77. The van der Waals surface area contributed by atoms with E-state index < -0.39 is 0 Å². The summed E-state index contributed by atoms with van der Waals surface area (Å²) < 4.78 is 10.6. The fourth-order valence-electron chi connectivity index (χ4n) is 3.52. The number of anilines is 1. The number of hydrogen-bond donors (Lipinski definition) is 1. The third-order valence-electron chi connectivity index (χ3n) is 4.57. The largest absolute Gasteiger partial charge is 0.493 e. The minimum absolute atomic E-state index is 0.576. The Labute approximate surface area is 121 Å². The smallest absolute Gasteiger partial charge is 0.162 e. The highest BCUT2D eigenvalue weighted by Gasteiger charge is 2.31. The second-order valence-corrected chi connectivity index (χ2v) is 5.77. The highest BCUT2D eigenvalue weighted by molar-refractivity contribution is 5.55. The Kier molecular flexibility index (Phi) is 4.01. The number of piperidine rings is 1. The van der Waals surface area contributed by atoms with Gasteiger partial charge >= 0.3 is 0 Å². The van der Waals surface area contributed by atoms with E-state index in [2.05, 4.69) is 16.3 Å². The zero-order valence-corrected chi connectivity index (χ0v) is 12.4. The minimum Gasteiger partial charge on any atom is -0.493 e. The van der Waals surface area contributed by atoms with Gasteiger partial charge in [0, 0.05) is 30.4 Å². The molecule has 20 heavy (non-hydrogen) atoms. The van der Waals surface area contributed by atoms with Crippen LogP contribution < -0.4 is 14.8 Å². The molecule has 2 fully saturated rings. The summed E-state index contributed by atoms with van der Waals surface area (Å²) >= 11 is 0. The van der Waals surface area contributed by atoms with Crippen molar-refractivity contribution in [3.8, 4) is 11.5 Å².